The van der Waals surface area contributed by atoms with Crippen LogP contribution in [0.2, 0.25) is 0 Å². The Morgan fingerprint density at radius 1 is 1.19 bits per heavy atom. The predicted molar refractivity (Wildman–Crippen MR) is 97.8 cm³/mol. The Morgan fingerprint density at radius 3 is 2.63 bits per heavy atom. The van der Waals surface area contributed by atoms with E-state index in [1.54, 1.807) is 11.9 Å². The molecule has 1 unspecified atom stereocenters. The van der Waals surface area contributed by atoms with Gasteiger partial charge in [0.1, 0.15) is 11.6 Å². The van der Waals surface area contributed by atoms with Gasteiger partial charge in [-0.2, -0.15) is 0 Å². The van der Waals surface area contributed by atoms with E-state index in [1.807, 2.05) is 37.3 Å². The van der Waals surface area contributed by atoms with E-state index < -0.39 is 11.6 Å². The molecule has 1 aromatic heterocycles. The van der Waals surface area contributed by atoms with Gasteiger partial charge in [-0.25, -0.2) is 13.8 Å². The summed E-state index contributed by atoms with van der Waals surface area (Å²) in [6.45, 7) is 1.97. The number of hydrogen-bond donors (Lipinski definition) is 0. The fraction of sp³-hybridized carbons (Fsp3) is 0.238. The molecule has 1 atom stereocenters. The van der Waals surface area contributed by atoms with Gasteiger partial charge in [-0.3, -0.25) is 4.79 Å². The van der Waals surface area contributed by atoms with Gasteiger partial charge in [0.15, 0.2) is 11.7 Å². The van der Waals surface area contributed by atoms with Crippen molar-refractivity contribution in [1.29, 1.82) is 0 Å². The van der Waals surface area contributed by atoms with E-state index in [-0.39, 0.29) is 29.7 Å². The van der Waals surface area contributed by atoms with Crippen molar-refractivity contribution in [3.05, 3.63) is 77.8 Å². The van der Waals surface area contributed by atoms with Gasteiger partial charge in [-0.05, 0) is 24.6 Å². The van der Waals surface area contributed by atoms with Crippen LogP contribution < -0.4 is 0 Å². The van der Waals surface area contributed by atoms with E-state index in [2.05, 4.69) is 4.98 Å². The van der Waals surface area contributed by atoms with Gasteiger partial charge in [-0.1, -0.05) is 30.3 Å². The molecule has 0 bridgehead atoms. The average Bonchev–Trinajstić information content (AvgIpc) is 3.14. The lowest BCUT2D eigenvalue weighted by molar-refractivity contribution is -0.131. The van der Waals surface area contributed by atoms with E-state index >= 15 is 0 Å². The molecule has 0 aliphatic carbocycles. The molecule has 0 radical (unpaired) electrons. The summed E-state index contributed by atoms with van der Waals surface area (Å²) in [4.78, 5) is 18.2. The number of benzene rings is 2. The molecule has 3 rings (SSSR count). The molecule has 27 heavy (non-hydrogen) atoms. The van der Waals surface area contributed by atoms with Crippen LogP contribution in [0.15, 0.2) is 59.1 Å². The molecule has 1 heterocycles. The van der Waals surface area contributed by atoms with Crippen molar-refractivity contribution < 1.29 is 18.0 Å². The highest BCUT2D eigenvalue weighted by atomic mass is 19.1. The molecule has 0 aliphatic rings. The summed E-state index contributed by atoms with van der Waals surface area (Å²) in [7, 11) is 1.76. The summed E-state index contributed by atoms with van der Waals surface area (Å²) >= 11 is 0. The van der Waals surface area contributed by atoms with E-state index in [0.717, 1.165) is 17.7 Å². The number of nitrogens with zero attached hydrogens (tertiary/aromatic N) is 2. The van der Waals surface area contributed by atoms with Crippen molar-refractivity contribution in [3.8, 4) is 11.3 Å². The molecular weight excluding hydrogens is 350 g/mol. The minimum absolute atomic E-state index is 0.0425. The van der Waals surface area contributed by atoms with E-state index in [4.69, 9.17) is 4.42 Å². The lowest BCUT2D eigenvalue weighted by Crippen LogP contribution is -2.29. The lowest BCUT2D eigenvalue weighted by Gasteiger charge is -2.25. The quantitative estimate of drug-likeness (QED) is 0.628. The molecule has 3 aromatic rings. The second kappa shape index (κ2) is 8.12. The number of rotatable bonds is 6. The van der Waals surface area contributed by atoms with Crippen molar-refractivity contribution in [3.63, 3.8) is 0 Å². The Kier molecular flexibility index (Phi) is 5.64. The molecule has 0 saturated heterocycles. The third kappa shape index (κ3) is 4.39. The molecule has 6 heteroatoms. The van der Waals surface area contributed by atoms with E-state index in [1.165, 1.54) is 12.3 Å². The number of carbonyl (C=O) groups is 1. The minimum atomic E-state index is -0.717. The van der Waals surface area contributed by atoms with Crippen LogP contribution in [0.5, 0.6) is 0 Å². The van der Waals surface area contributed by atoms with Crippen LogP contribution in [0.4, 0.5) is 8.78 Å². The number of amides is 1. The molecule has 4 nitrogen and oxygen atoms in total. The Hall–Kier alpha value is -3.02. The third-order valence-corrected chi connectivity index (χ3v) is 4.56. The first-order valence-electron chi connectivity index (χ1n) is 8.66. The molecule has 0 saturated carbocycles. The molecular formula is C21H20F2N2O2. The Labute approximate surface area is 156 Å². The lowest BCUT2D eigenvalue weighted by atomic mass is 10.1. The third-order valence-electron chi connectivity index (χ3n) is 4.56. The smallest absolute Gasteiger partial charge is 0.223 e. The van der Waals surface area contributed by atoms with Gasteiger partial charge < -0.3 is 9.32 Å². The zero-order valence-corrected chi connectivity index (χ0v) is 15.2. The first-order chi connectivity index (χ1) is 13.0. The highest BCUT2D eigenvalue weighted by Gasteiger charge is 2.18. The molecule has 0 spiro atoms. The number of oxazole rings is 1. The van der Waals surface area contributed by atoms with Gasteiger partial charge in [0, 0.05) is 26.0 Å². The fourth-order valence-electron chi connectivity index (χ4n) is 2.80. The zero-order chi connectivity index (χ0) is 19.4. The number of hydrogen-bond acceptors (Lipinski definition) is 3. The maximum absolute atomic E-state index is 13.8. The molecule has 0 fully saturated rings. The number of aryl methyl sites for hydroxylation is 1. The van der Waals surface area contributed by atoms with Crippen LogP contribution in [0.1, 0.15) is 30.8 Å². The van der Waals surface area contributed by atoms with Crippen molar-refractivity contribution in [2.45, 2.75) is 25.8 Å². The SMILES string of the molecule is CC(c1ccccc1)N(C)C(=O)CCc1ncc(-c2ccc(F)cc2F)o1. The van der Waals surface area contributed by atoms with Crippen LogP contribution in [-0.4, -0.2) is 22.8 Å². The van der Waals surface area contributed by atoms with Crippen molar-refractivity contribution in [1.82, 2.24) is 9.88 Å². The van der Waals surface area contributed by atoms with Crippen LogP contribution in [0.25, 0.3) is 11.3 Å². The standard InChI is InChI=1S/C21H20F2N2O2/c1-14(15-6-4-3-5-7-15)25(2)21(26)11-10-20-24-13-19(27-20)17-9-8-16(22)12-18(17)23/h3-9,12-14H,10-11H2,1-2H3. The maximum atomic E-state index is 13.8. The highest BCUT2D eigenvalue weighted by molar-refractivity contribution is 5.76. The zero-order valence-electron chi connectivity index (χ0n) is 15.2. The summed E-state index contributed by atoms with van der Waals surface area (Å²) in [5, 5.41) is 0. The van der Waals surface area contributed by atoms with Crippen LogP contribution in [-0.2, 0) is 11.2 Å². The molecule has 140 valence electrons. The van der Waals surface area contributed by atoms with Crippen molar-refractivity contribution in [2.75, 3.05) is 7.05 Å². The van der Waals surface area contributed by atoms with Crippen LogP contribution in [0.3, 0.4) is 0 Å². The second-order valence-electron chi connectivity index (χ2n) is 6.33. The van der Waals surface area contributed by atoms with Crippen molar-refractivity contribution >= 4 is 5.91 Å². The van der Waals surface area contributed by atoms with E-state index in [0.29, 0.717) is 12.3 Å². The van der Waals surface area contributed by atoms with Gasteiger partial charge in [0.2, 0.25) is 5.91 Å². The van der Waals surface area contributed by atoms with Gasteiger partial charge in [0.25, 0.3) is 0 Å². The molecule has 0 N–H and O–H groups in total. The Morgan fingerprint density at radius 2 is 1.93 bits per heavy atom. The average molecular weight is 370 g/mol. The summed E-state index contributed by atoms with van der Waals surface area (Å²) < 4.78 is 32.4. The first kappa shape index (κ1) is 18.8. The Balaban J connectivity index is 1.62. The van der Waals surface area contributed by atoms with Crippen LogP contribution >= 0.6 is 0 Å². The van der Waals surface area contributed by atoms with Gasteiger partial charge in [-0.15, -0.1) is 0 Å². The summed E-state index contributed by atoms with van der Waals surface area (Å²) in [5.74, 6) is -0.870. The summed E-state index contributed by atoms with van der Waals surface area (Å²) in [6, 6.07) is 13.0. The predicted octanol–water partition coefficient (Wildman–Crippen LogP) is 4.77. The molecule has 1 amide bonds. The fourth-order valence-corrected chi connectivity index (χ4v) is 2.80. The maximum Gasteiger partial charge on any atom is 0.223 e. The number of halogens is 2. The monoisotopic (exact) mass is 370 g/mol. The first-order valence-corrected chi connectivity index (χ1v) is 8.66. The second-order valence-corrected chi connectivity index (χ2v) is 6.33. The Bertz CT molecular complexity index is 925. The minimum Gasteiger partial charge on any atom is -0.441 e. The van der Waals surface area contributed by atoms with Crippen molar-refractivity contribution in [2.24, 2.45) is 0 Å². The highest BCUT2D eigenvalue weighted by Crippen LogP contribution is 2.25. The summed E-state index contributed by atoms with van der Waals surface area (Å²) in [6.07, 6.45) is 1.90. The van der Waals surface area contributed by atoms with E-state index in [9.17, 15) is 13.6 Å². The molecule has 2 aromatic carbocycles. The largest absolute Gasteiger partial charge is 0.441 e. The number of carbonyl (C=O) groups excluding carboxylic acids is 1. The van der Waals surface area contributed by atoms with Gasteiger partial charge >= 0.3 is 0 Å². The number of aromatic nitrogens is 1. The normalized spacial score (nSPS) is 12.0. The van der Waals surface area contributed by atoms with Gasteiger partial charge in [0.05, 0.1) is 17.8 Å². The topological polar surface area (TPSA) is 46.3 Å². The molecule has 0 aliphatic heterocycles. The summed E-state index contributed by atoms with van der Waals surface area (Å²) in [5.41, 5.74) is 1.19. The van der Waals surface area contributed by atoms with Crippen LogP contribution in [0, 0.1) is 11.6 Å².